The third kappa shape index (κ3) is 2.41. The molecule has 0 aliphatic carbocycles. The van der Waals surface area contributed by atoms with Gasteiger partial charge in [-0.05, 0) is 12.1 Å². The second-order valence-corrected chi connectivity index (χ2v) is 5.39. The summed E-state index contributed by atoms with van der Waals surface area (Å²) in [4.78, 5) is 19.2. The number of fused-ring (bicyclic) bond motifs is 1. The van der Waals surface area contributed by atoms with E-state index in [1.54, 1.807) is 0 Å². The molecule has 1 aromatic carbocycles. The minimum absolute atomic E-state index is 0.0589. The van der Waals surface area contributed by atoms with E-state index in [1.807, 2.05) is 13.8 Å². The number of aldehydes is 1. The van der Waals surface area contributed by atoms with Gasteiger partial charge in [0.1, 0.15) is 23.3 Å². The van der Waals surface area contributed by atoms with E-state index in [0.717, 1.165) is 12.1 Å². The number of carbonyl (C=O) groups is 1. The van der Waals surface area contributed by atoms with E-state index < -0.39 is 17.2 Å². The van der Waals surface area contributed by atoms with E-state index >= 15 is 0 Å². The number of nitrogen functional groups attached to an aromatic ring is 1. The van der Waals surface area contributed by atoms with Crippen molar-refractivity contribution in [2.45, 2.75) is 19.8 Å². The van der Waals surface area contributed by atoms with Crippen molar-refractivity contribution < 1.29 is 13.6 Å². The van der Waals surface area contributed by atoms with Gasteiger partial charge in [-0.2, -0.15) is 5.10 Å². The molecule has 0 unspecified atom stereocenters. The molecular weight excluding hydrogens is 304 g/mol. The third-order valence-corrected chi connectivity index (χ3v) is 3.46. The van der Waals surface area contributed by atoms with E-state index in [0.29, 0.717) is 22.6 Å². The Morgan fingerprint density at radius 3 is 2.43 bits per heavy atom. The lowest BCUT2D eigenvalue weighted by molar-refractivity contribution is 0.111. The highest BCUT2D eigenvalue weighted by molar-refractivity contribution is 5.98. The van der Waals surface area contributed by atoms with Crippen LogP contribution in [0.1, 0.15) is 35.9 Å². The second-order valence-electron chi connectivity index (χ2n) is 5.39. The summed E-state index contributed by atoms with van der Waals surface area (Å²) in [5.74, 6) is -1.17. The average molecular weight is 317 g/mol. The lowest BCUT2D eigenvalue weighted by Crippen LogP contribution is -2.02. The molecule has 0 amide bonds. The van der Waals surface area contributed by atoms with Gasteiger partial charge in [-0.25, -0.2) is 18.7 Å². The Morgan fingerprint density at radius 2 is 1.87 bits per heavy atom. The molecule has 3 N–H and O–H groups in total. The highest BCUT2D eigenvalue weighted by Gasteiger charge is 2.18. The zero-order valence-electron chi connectivity index (χ0n) is 12.4. The predicted molar refractivity (Wildman–Crippen MR) is 80.9 cm³/mol. The molecule has 8 heteroatoms. The Bertz CT molecular complexity index is 897. The molecule has 0 fully saturated rings. The van der Waals surface area contributed by atoms with Crippen LogP contribution in [0.25, 0.3) is 22.3 Å². The summed E-state index contributed by atoms with van der Waals surface area (Å²) >= 11 is 0. The van der Waals surface area contributed by atoms with Gasteiger partial charge >= 0.3 is 0 Å². The largest absolute Gasteiger partial charge is 0.383 e. The van der Waals surface area contributed by atoms with Crippen molar-refractivity contribution in [3.63, 3.8) is 0 Å². The number of carbonyl (C=O) groups excluding carboxylic acids is 1. The van der Waals surface area contributed by atoms with Crippen LogP contribution in [0.2, 0.25) is 0 Å². The molecule has 118 valence electrons. The molecule has 0 aliphatic rings. The van der Waals surface area contributed by atoms with Gasteiger partial charge in [0.2, 0.25) is 0 Å². The van der Waals surface area contributed by atoms with Crippen molar-refractivity contribution in [2.24, 2.45) is 0 Å². The van der Waals surface area contributed by atoms with E-state index in [1.165, 1.54) is 0 Å². The number of aromatic amines is 1. The molecule has 3 aromatic rings. The number of halogens is 2. The predicted octanol–water partition coefficient (Wildman–Crippen LogP) is 2.82. The fourth-order valence-corrected chi connectivity index (χ4v) is 2.28. The molecular formula is C15H13F2N5O. The van der Waals surface area contributed by atoms with Crippen LogP contribution < -0.4 is 5.73 Å². The standard InChI is InChI=1S/C15H13F2N5O/c1-6(2)14-19-13(18)11-12(21-22-15(11)20-14)7-3-9(16)8(5-23)10(17)4-7/h3-6H,1-2H3,(H3,18,19,20,21,22). The number of hydrogen-bond acceptors (Lipinski definition) is 5. The van der Waals surface area contributed by atoms with Crippen LogP contribution in [-0.4, -0.2) is 26.5 Å². The van der Waals surface area contributed by atoms with Crippen molar-refractivity contribution in [3.05, 3.63) is 35.2 Å². The summed E-state index contributed by atoms with van der Waals surface area (Å²) in [5.41, 5.74) is 6.11. The zero-order chi connectivity index (χ0) is 16.7. The molecule has 6 nitrogen and oxygen atoms in total. The van der Waals surface area contributed by atoms with Gasteiger partial charge in [0.05, 0.1) is 16.6 Å². The number of anilines is 1. The number of benzene rings is 1. The monoisotopic (exact) mass is 317 g/mol. The highest BCUT2D eigenvalue weighted by Crippen LogP contribution is 2.31. The van der Waals surface area contributed by atoms with Gasteiger partial charge in [0.25, 0.3) is 0 Å². The Balaban J connectivity index is 2.24. The Morgan fingerprint density at radius 1 is 1.22 bits per heavy atom. The molecule has 0 saturated heterocycles. The molecule has 0 aliphatic heterocycles. The molecule has 3 rings (SSSR count). The molecule has 0 atom stereocenters. The molecule has 0 saturated carbocycles. The highest BCUT2D eigenvalue weighted by atomic mass is 19.1. The SMILES string of the molecule is CC(C)c1nc(N)c2c(-c3cc(F)c(C=O)c(F)c3)[nH]nc2n1. The van der Waals surface area contributed by atoms with Crippen molar-refractivity contribution in [3.8, 4) is 11.3 Å². The van der Waals surface area contributed by atoms with E-state index in [4.69, 9.17) is 5.73 Å². The number of nitrogens with two attached hydrogens (primary N) is 1. The first kappa shape index (κ1) is 15.0. The van der Waals surface area contributed by atoms with Gasteiger partial charge in [-0.1, -0.05) is 13.8 Å². The van der Waals surface area contributed by atoms with Gasteiger partial charge in [0.15, 0.2) is 11.9 Å². The van der Waals surface area contributed by atoms with Crippen LogP contribution in [0.3, 0.4) is 0 Å². The van der Waals surface area contributed by atoms with Crippen LogP contribution in [0.15, 0.2) is 12.1 Å². The molecule has 0 spiro atoms. The lowest BCUT2D eigenvalue weighted by Gasteiger charge is -2.06. The zero-order valence-corrected chi connectivity index (χ0v) is 12.4. The number of nitrogens with zero attached hydrogens (tertiary/aromatic N) is 3. The van der Waals surface area contributed by atoms with Crippen LogP contribution in [0, 0.1) is 11.6 Å². The van der Waals surface area contributed by atoms with Crippen LogP contribution in [-0.2, 0) is 0 Å². The third-order valence-electron chi connectivity index (χ3n) is 3.46. The summed E-state index contributed by atoms with van der Waals surface area (Å²) in [7, 11) is 0. The summed E-state index contributed by atoms with van der Waals surface area (Å²) in [5, 5.41) is 7.09. The summed E-state index contributed by atoms with van der Waals surface area (Å²) in [6, 6.07) is 2.07. The van der Waals surface area contributed by atoms with E-state index in [2.05, 4.69) is 20.2 Å². The molecule has 0 radical (unpaired) electrons. The van der Waals surface area contributed by atoms with Crippen LogP contribution in [0.5, 0.6) is 0 Å². The van der Waals surface area contributed by atoms with Gasteiger partial charge in [-0.3, -0.25) is 9.89 Å². The van der Waals surface area contributed by atoms with Crippen LogP contribution in [0.4, 0.5) is 14.6 Å². The van der Waals surface area contributed by atoms with Crippen molar-refractivity contribution in [2.75, 3.05) is 5.73 Å². The molecule has 0 bridgehead atoms. The quantitative estimate of drug-likeness (QED) is 0.724. The molecule has 23 heavy (non-hydrogen) atoms. The number of rotatable bonds is 3. The minimum atomic E-state index is -0.962. The van der Waals surface area contributed by atoms with Crippen molar-refractivity contribution in [1.82, 2.24) is 20.2 Å². The van der Waals surface area contributed by atoms with Crippen molar-refractivity contribution >= 4 is 23.1 Å². The molecule has 2 aromatic heterocycles. The average Bonchev–Trinajstić information content (AvgIpc) is 2.91. The van der Waals surface area contributed by atoms with E-state index in [-0.39, 0.29) is 23.6 Å². The summed E-state index contributed by atoms with van der Waals surface area (Å²) < 4.78 is 27.6. The molecule has 2 heterocycles. The number of aromatic nitrogens is 4. The first-order valence-corrected chi connectivity index (χ1v) is 6.88. The van der Waals surface area contributed by atoms with Gasteiger partial charge in [-0.15, -0.1) is 0 Å². The maximum absolute atomic E-state index is 13.8. The van der Waals surface area contributed by atoms with E-state index in [9.17, 15) is 13.6 Å². The summed E-state index contributed by atoms with van der Waals surface area (Å²) in [6.07, 6.45) is 0.131. The maximum Gasteiger partial charge on any atom is 0.187 e. The number of hydrogen-bond donors (Lipinski definition) is 2. The maximum atomic E-state index is 13.8. The van der Waals surface area contributed by atoms with Crippen molar-refractivity contribution in [1.29, 1.82) is 0 Å². The fourth-order valence-electron chi connectivity index (χ4n) is 2.28. The van der Waals surface area contributed by atoms with Crippen LogP contribution >= 0.6 is 0 Å². The Kier molecular flexibility index (Phi) is 3.51. The fraction of sp³-hybridized carbons (Fsp3) is 0.200. The van der Waals surface area contributed by atoms with Gasteiger partial charge < -0.3 is 5.73 Å². The minimum Gasteiger partial charge on any atom is -0.383 e. The summed E-state index contributed by atoms with van der Waals surface area (Å²) in [6.45, 7) is 3.83. The smallest absolute Gasteiger partial charge is 0.187 e. The van der Waals surface area contributed by atoms with Gasteiger partial charge in [0, 0.05) is 11.5 Å². The number of nitrogens with one attached hydrogen (secondary N) is 1. The Hall–Kier alpha value is -2.90. The second kappa shape index (κ2) is 5.38. The first-order valence-electron chi connectivity index (χ1n) is 6.88. The Labute approximate surface area is 129 Å². The first-order chi connectivity index (χ1) is 10.9. The topological polar surface area (TPSA) is 97.5 Å². The lowest BCUT2D eigenvalue weighted by atomic mass is 10.1. The number of H-pyrrole nitrogens is 1. The normalized spacial score (nSPS) is 11.3.